The van der Waals surface area contributed by atoms with Gasteiger partial charge in [-0.2, -0.15) is 0 Å². The molecule has 0 amide bonds. The summed E-state index contributed by atoms with van der Waals surface area (Å²) in [6.07, 6.45) is -0.532. The van der Waals surface area contributed by atoms with Gasteiger partial charge in [0.15, 0.2) is 0 Å². The summed E-state index contributed by atoms with van der Waals surface area (Å²) in [5, 5.41) is 25.0. The molecule has 2 aromatic carbocycles. The number of carboxylic acids is 3. The van der Waals surface area contributed by atoms with Crippen LogP contribution in [0.25, 0.3) is 0 Å². The monoisotopic (exact) mass is 389 g/mol. The van der Waals surface area contributed by atoms with E-state index < -0.39 is 30.4 Å². The number of benzene rings is 2. The van der Waals surface area contributed by atoms with Gasteiger partial charge in [-0.3, -0.25) is 9.59 Å². The quantitative estimate of drug-likeness (QED) is 0.564. The third kappa shape index (κ3) is 7.46. The first-order valence-corrected chi connectivity index (χ1v) is 8.33. The van der Waals surface area contributed by atoms with Gasteiger partial charge < -0.3 is 25.8 Å². The second kappa shape index (κ2) is 10.7. The van der Waals surface area contributed by atoms with Crippen LogP contribution in [0.3, 0.4) is 0 Å². The summed E-state index contributed by atoms with van der Waals surface area (Å²) in [5.74, 6) is -2.66. The molecule has 0 radical (unpaired) electrons. The number of rotatable bonds is 7. The molecular weight excluding hydrogens is 366 g/mol. The molecule has 28 heavy (non-hydrogen) atoms. The molecule has 0 aliphatic rings. The Bertz CT molecular complexity index is 811. The minimum atomic E-state index is -1.29. The van der Waals surface area contributed by atoms with Gasteiger partial charge in [-0.05, 0) is 42.7 Å². The van der Waals surface area contributed by atoms with E-state index >= 15 is 0 Å². The molecule has 0 saturated carbocycles. The van der Waals surface area contributed by atoms with Gasteiger partial charge >= 0.3 is 17.9 Å². The van der Waals surface area contributed by atoms with Crippen LogP contribution in [0.15, 0.2) is 42.5 Å². The molecule has 0 fully saturated rings. The van der Waals surface area contributed by atoms with Crippen molar-refractivity contribution in [2.24, 2.45) is 5.73 Å². The van der Waals surface area contributed by atoms with Crippen molar-refractivity contribution in [3.63, 3.8) is 0 Å². The standard InChI is InChI=1S/C16H16O3.C4H7NO4/c1-11-8-14(16(17)18)9-12(2)15(11)19-10-13-6-4-3-5-7-13;5-2(4(8)9)1-3(6)7/h3-9H,10H2,1-2H3,(H,17,18);2H,1,5H2,(H,6,7)(H,8,9). The zero-order chi connectivity index (χ0) is 21.3. The number of aliphatic carboxylic acids is 2. The van der Waals surface area contributed by atoms with Crippen LogP contribution in [0.2, 0.25) is 0 Å². The highest BCUT2D eigenvalue weighted by molar-refractivity contribution is 5.88. The molecule has 0 bridgehead atoms. The number of carboxylic acid groups (broad SMARTS) is 3. The van der Waals surface area contributed by atoms with Gasteiger partial charge in [-0.15, -0.1) is 0 Å². The van der Waals surface area contributed by atoms with Crippen LogP contribution in [0.1, 0.15) is 33.5 Å². The predicted molar refractivity (Wildman–Crippen MR) is 102 cm³/mol. The van der Waals surface area contributed by atoms with E-state index in [0.29, 0.717) is 12.2 Å². The maximum absolute atomic E-state index is 11.0. The minimum Gasteiger partial charge on any atom is -0.488 e. The SMILES string of the molecule is Cc1cc(C(=O)O)cc(C)c1OCc1ccccc1.NC(CC(=O)O)C(=O)O. The smallest absolute Gasteiger partial charge is 0.335 e. The Labute approximate surface area is 162 Å². The zero-order valence-corrected chi connectivity index (χ0v) is 15.6. The summed E-state index contributed by atoms with van der Waals surface area (Å²) < 4.78 is 5.80. The van der Waals surface area contributed by atoms with Gasteiger partial charge in [0.2, 0.25) is 0 Å². The Morgan fingerprint density at radius 1 is 1.00 bits per heavy atom. The van der Waals surface area contributed by atoms with Crippen molar-refractivity contribution >= 4 is 17.9 Å². The Morgan fingerprint density at radius 2 is 1.54 bits per heavy atom. The molecule has 0 aliphatic heterocycles. The topological polar surface area (TPSA) is 147 Å². The highest BCUT2D eigenvalue weighted by Crippen LogP contribution is 2.25. The van der Waals surface area contributed by atoms with E-state index in [2.05, 4.69) is 0 Å². The van der Waals surface area contributed by atoms with Crippen molar-refractivity contribution in [2.75, 3.05) is 0 Å². The van der Waals surface area contributed by atoms with Crippen LogP contribution >= 0.6 is 0 Å². The van der Waals surface area contributed by atoms with Gasteiger partial charge in [-0.1, -0.05) is 30.3 Å². The molecule has 150 valence electrons. The fourth-order valence-electron chi connectivity index (χ4n) is 2.31. The van der Waals surface area contributed by atoms with E-state index in [0.717, 1.165) is 22.4 Å². The highest BCUT2D eigenvalue weighted by atomic mass is 16.5. The first kappa shape index (κ1) is 22.7. The van der Waals surface area contributed by atoms with E-state index in [-0.39, 0.29) is 0 Å². The van der Waals surface area contributed by atoms with Gasteiger partial charge in [0.1, 0.15) is 18.4 Å². The summed E-state index contributed by atoms with van der Waals surface area (Å²) in [6, 6.07) is 11.9. The van der Waals surface area contributed by atoms with Crippen LogP contribution in [0.5, 0.6) is 5.75 Å². The van der Waals surface area contributed by atoms with Gasteiger partial charge in [-0.25, -0.2) is 4.79 Å². The molecular formula is C20H23NO7. The lowest BCUT2D eigenvalue weighted by Crippen LogP contribution is -2.32. The fraction of sp³-hybridized carbons (Fsp3) is 0.250. The van der Waals surface area contributed by atoms with Crippen LogP contribution in [0, 0.1) is 13.8 Å². The van der Waals surface area contributed by atoms with E-state index in [1.54, 1.807) is 12.1 Å². The Hall–Kier alpha value is -3.39. The molecule has 2 aromatic rings. The van der Waals surface area contributed by atoms with Crippen molar-refractivity contribution < 1.29 is 34.4 Å². The number of ether oxygens (including phenoxy) is 1. The van der Waals surface area contributed by atoms with E-state index in [4.69, 9.17) is 25.8 Å². The molecule has 0 aromatic heterocycles. The Balaban J connectivity index is 0.000000370. The van der Waals surface area contributed by atoms with Gasteiger partial charge in [0.05, 0.1) is 12.0 Å². The largest absolute Gasteiger partial charge is 0.488 e. The number of nitrogens with two attached hydrogens (primary N) is 1. The molecule has 1 unspecified atom stereocenters. The summed E-state index contributed by atoms with van der Waals surface area (Å²) in [7, 11) is 0. The molecule has 8 heteroatoms. The molecule has 8 nitrogen and oxygen atoms in total. The number of hydrogen-bond acceptors (Lipinski definition) is 5. The first-order valence-electron chi connectivity index (χ1n) is 8.33. The van der Waals surface area contributed by atoms with E-state index in [9.17, 15) is 14.4 Å². The van der Waals surface area contributed by atoms with Crippen molar-refractivity contribution in [1.82, 2.24) is 0 Å². The van der Waals surface area contributed by atoms with Gasteiger partial charge in [0, 0.05) is 0 Å². The van der Waals surface area contributed by atoms with E-state index in [1.807, 2.05) is 44.2 Å². The zero-order valence-electron chi connectivity index (χ0n) is 15.6. The molecule has 0 aliphatic carbocycles. The molecule has 1 atom stereocenters. The number of carbonyl (C=O) groups is 3. The lowest BCUT2D eigenvalue weighted by atomic mass is 10.1. The minimum absolute atomic E-state index is 0.294. The normalized spacial score (nSPS) is 11.0. The summed E-state index contributed by atoms with van der Waals surface area (Å²) in [5.41, 5.74) is 7.90. The molecule has 2 rings (SSSR count). The van der Waals surface area contributed by atoms with Crippen LogP contribution in [-0.4, -0.2) is 39.3 Å². The summed E-state index contributed by atoms with van der Waals surface area (Å²) in [6.45, 7) is 4.20. The Morgan fingerprint density at radius 3 is 1.93 bits per heavy atom. The van der Waals surface area contributed by atoms with Crippen molar-refractivity contribution in [2.45, 2.75) is 32.9 Å². The van der Waals surface area contributed by atoms with Crippen molar-refractivity contribution in [3.8, 4) is 5.75 Å². The number of aryl methyl sites for hydroxylation is 2. The first-order chi connectivity index (χ1) is 13.1. The second-order valence-corrected chi connectivity index (χ2v) is 6.06. The summed E-state index contributed by atoms with van der Waals surface area (Å²) in [4.78, 5) is 30.6. The van der Waals surface area contributed by atoms with E-state index in [1.165, 1.54) is 0 Å². The summed E-state index contributed by atoms with van der Waals surface area (Å²) >= 11 is 0. The molecule has 0 heterocycles. The van der Waals surface area contributed by atoms with Crippen LogP contribution in [-0.2, 0) is 16.2 Å². The lowest BCUT2D eigenvalue weighted by Gasteiger charge is -2.13. The maximum atomic E-state index is 11.0. The lowest BCUT2D eigenvalue weighted by molar-refractivity contribution is -0.144. The molecule has 0 saturated heterocycles. The molecule has 5 N–H and O–H groups in total. The second-order valence-electron chi connectivity index (χ2n) is 6.06. The van der Waals surface area contributed by atoms with Gasteiger partial charge in [0.25, 0.3) is 0 Å². The fourth-order valence-corrected chi connectivity index (χ4v) is 2.31. The third-order valence-corrected chi connectivity index (χ3v) is 3.65. The van der Waals surface area contributed by atoms with Crippen LogP contribution < -0.4 is 10.5 Å². The number of aromatic carboxylic acids is 1. The van der Waals surface area contributed by atoms with Crippen molar-refractivity contribution in [1.29, 1.82) is 0 Å². The highest BCUT2D eigenvalue weighted by Gasteiger charge is 2.14. The molecule has 0 spiro atoms. The maximum Gasteiger partial charge on any atom is 0.335 e. The average molecular weight is 389 g/mol. The van der Waals surface area contributed by atoms with Crippen molar-refractivity contribution in [3.05, 3.63) is 64.7 Å². The third-order valence-electron chi connectivity index (χ3n) is 3.65. The average Bonchev–Trinajstić information content (AvgIpc) is 2.61. The predicted octanol–water partition coefficient (Wildman–Crippen LogP) is 2.45. The van der Waals surface area contributed by atoms with Crippen LogP contribution in [0.4, 0.5) is 0 Å². The Kier molecular flexibility index (Phi) is 8.64. The number of hydrogen-bond donors (Lipinski definition) is 4.